The van der Waals surface area contributed by atoms with Gasteiger partial charge in [0.05, 0.1) is 25.0 Å². The summed E-state index contributed by atoms with van der Waals surface area (Å²) in [4.78, 5) is 27.8. The number of halogens is 4. The Bertz CT molecular complexity index is 1180. The van der Waals surface area contributed by atoms with Gasteiger partial charge in [-0.25, -0.2) is 4.39 Å². The quantitative estimate of drug-likeness (QED) is 0.314. The lowest BCUT2D eigenvalue weighted by molar-refractivity contribution is -0.185. The van der Waals surface area contributed by atoms with E-state index in [2.05, 4.69) is 0 Å². The first-order valence-electron chi connectivity index (χ1n) is 13.4. The molecule has 2 bridgehead atoms. The summed E-state index contributed by atoms with van der Waals surface area (Å²) in [6, 6.07) is 8.59. The van der Waals surface area contributed by atoms with Gasteiger partial charge in [0.2, 0.25) is 0 Å². The van der Waals surface area contributed by atoms with E-state index in [1.807, 2.05) is 4.90 Å². The average Bonchev–Trinajstić information content (AvgIpc) is 2.90. The van der Waals surface area contributed by atoms with E-state index in [0.717, 1.165) is 24.6 Å². The minimum atomic E-state index is -4.20. The van der Waals surface area contributed by atoms with Crippen LogP contribution in [-0.2, 0) is 16.2 Å². The van der Waals surface area contributed by atoms with E-state index in [9.17, 15) is 27.2 Å². The number of nitrogens with zero attached hydrogens (tertiary/aromatic N) is 1. The van der Waals surface area contributed by atoms with Crippen LogP contribution in [-0.4, -0.2) is 48.3 Å². The smallest absolute Gasteiger partial charge is 0.391 e. The van der Waals surface area contributed by atoms with Crippen LogP contribution in [0.5, 0.6) is 5.75 Å². The number of amides is 1. The third-order valence-corrected chi connectivity index (χ3v) is 8.65. The second kappa shape index (κ2) is 10.7. The van der Waals surface area contributed by atoms with Gasteiger partial charge in [0, 0.05) is 23.2 Å². The molecule has 1 aliphatic carbocycles. The largest absolute Gasteiger partial charge is 0.490 e. The van der Waals surface area contributed by atoms with Crippen LogP contribution in [0.1, 0.15) is 73.7 Å². The van der Waals surface area contributed by atoms with E-state index in [-0.39, 0.29) is 55.6 Å². The molecule has 3 aliphatic rings. The highest BCUT2D eigenvalue weighted by atomic mass is 19.4. The third-order valence-electron chi connectivity index (χ3n) is 8.65. The van der Waals surface area contributed by atoms with E-state index in [1.54, 1.807) is 30.3 Å². The van der Waals surface area contributed by atoms with E-state index in [1.165, 1.54) is 7.11 Å². The number of hydrogen-bond donors (Lipinski definition) is 0. The minimum absolute atomic E-state index is 0.000357. The molecule has 5 nitrogen and oxygen atoms in total. The number of rotatable bonds is 5. The summed E-state index contributed by atoms with van der Waals surface area (Å²) in [7, 11) is 1.39. The van der Waals surface area contributed by atoms with Crippen molar-refractivity contribution in [3.63, 3.8) is 0 Å². The van der Waals surface area contributed by atoms with Gasteiger partial charge < -0.3 is 14.4 Å². The standard InChI is InChI=1S/C29H33F4NO4/c1-37-28(36)19-13-21-3-2-4-22(14-19)34(21)27(35)18-6-5-17-7-12-26(25(16-30)24(17)15-18)38-23-10-8-20(9-11-23)29(31,32)33/h5-7,12,15,19-23H,2-4,8-11,13-14,16H2,1H3/t19?,20-,21?,22?,23+. The highest BCUT2D eigenvalue weighted by Crippen LogP contribution is 2.41. The molecule has 2 unspecified atom stereocenters. The third kappa shape index (κ3) is 5.21. The second-order valence-electron chi connectivity index (χ2n) is 10.9. The molecule has 0 N–H and O–H groups in total. The lowest BCUT2D eigenvalue weighted by Gasteiger charge is -2.48. The molecule has 2 aliphatic heterocycles. The van der Waals surface area contributed by atoms with E-state index < -0.39 is 24.9 Å². The lowest BCUT2D eigenvalue weighted by Crippen LogP contribution is -2.55. The predicted molar refractivity (Wildman–Crippen MR) is 134 cm³/mol. The van der Waals surface area contributed by atoms with Crippen LogP contribution >= 0.6 is 0 Å². The van der Waals surface area contributed by atoms with Crippen LogP contribution in [0.4, 0.5) is 17.6 Å². The van der Waals surface area contributed by atoms with E-state index >= 15 is 0 Å². The molecule has 0 spiro atoms. The molecule has 3 fully saturated rings. The van der Waals surface area contributed by atoms with Gasteiger partial charge in [-0.05, 0) is 86.8 Å². The molecule has 0 radical (unpaired) electrons. The molecular formula is C29H33F4NO4. The van der Waals surface area contributed by atoms with Gasteiger partial charge in [-0.15, -0.1) is 0 Å². The molecule has 0 aromatic heterocycles. The van der Waals surface area contributed by atoms with Crippen LogP contribution in [0, 0.1) is 11.8 Å². The lowest BCUT2D eigenvalue weighted by atomic mass is 9.78. The van der Waals surface area contributed by atoms with Gasteiger partial charge in [0.1, 0.15) is 12.4 Å². The molecule has 9 heteroatoms. The summed E-state index contributed by atoms with van der Waals surface area (Å²) in [6.45, 7) is -0.821. The monoisotopic (exact) mass is 535 g/mol. The first-order chi connectivity index (χ1) is 18.2. The second-order valence-corrected chi connectivity index (χ2v) is 10.9. The van der Waals surface area contributed by atoms with Crippen molar-refractivity contribution in [2.45, 2.75) is 88.8 Å². The van der Waals surface area contributed by atoms with Gasteiger partial charge in [0.25, 0.3) is 5.91 Å². The summed E-state index contributed by atoms with van der Waals surface area (Å²) in [5.74, 6) is -1.57. The molecular weight excluding hydrogens is 502 g/mol. The molecule has 2 aromatic carbocycles. The number of benzene rings is 2. The fraction of sp³-hybridized carbons (Fsp3) is 0.586. The Hall–Kier alpha value is -2.84. The van der Waals surface area contributed by atoms with Gasteiger partial charge in [-0.1, -0.05) is 12.1 Å². The van der Waals surface area contributed by atoms with Crippen molar-refractivity contribution >= 4 is 22.6 Å². The summed E-state index contributed by atoms with van der Waals surface area (Å²) >= 11 is 0. The van der Waals surface area contributed by atoms with Crippen LogP contribution < -0.4 is 4.74 Å². The van der Waals surface area contributed by atoms with Gasteiger partial charge in [-0.3, -0.25) is 9.59 Å². The fourth-order valence-electron chi connectivity index (χ4n) is 6.65. The summed E-state index contributed by atoms with van der Waals surface area (Å²) in [5.41, 5.74) is 0.753. The number of carbonyl (C=O) groups is 2. The zero-order chi connectivity index (χ0) is 27.0. The Kier molecular flexibility index (Phi) is 7.56. The molecule has 5 rings (SSSR count). The van der Waals surface area contributed by atoms with Gasteiger partial charge in [-0.2, -0.15) is 13.2 Å². The number of fused-ring (bicyclic) bond motifs is 3. The highest BCUT2D eigenvalue weighted by molar-refractivity contribution is 6.00. The number of piperidine rings is 2. The topological polar surface area (TPSA) is 55.8 Å². The molecule has 1 saturated carbocycles. The Morgan fingerprint density at radius 3 is 2.24 bits per heavy atom. The maximum atomic E-state index is 14.3. The van der Waals surface area contributed by atoms with Crippen molar-refractivity contribution in [2.24, 2.45) is 11.8 Å². The Morgan fingerprint density at radius 1 is 0.974 bits per heavy atom. The summed E-state index contributed by atoms with van der Waals surface area (Å²) in [6.07, 6.45) is -0.276. The highest BCUT2D eigenvalue weighted by Gasteiger charge is 2.44. The summed E-state index contributed by atoms with van der Waals surface area (Å²) < 4.78 is 64.4. The van der Waals surface area contributed by atoms with Crippen LogP contribution in [0.2, 0.25) is 0 Å². The first-order valence-corrected chi connectivity index (χ1v) is 13.4. The number of ether oxygens (including phenoxy) is 2. The molecule has 38 heavy (non-hydrogen) atoms. The number of esters is 1. The number of alkyl halides is 4. The van der Waals surface area contributed by atoms with Crippen LogP contribution in [0.15, 0.2) is 30.3 Å². The average molecular weight is 536 g/mol. The maximum Gasteiger partial charge on any atom is 0.391 e. The predicted octanol–water partition coefficient (Wildman–Crippen LogP) is 6.76. The number of hydrogen-bond acceptors (Lipinski definition) is 4. The summed E-state index contributed by atoms with van der Waals surface area (Å²) in [5, 5.41) is 1.32. The Balaban J connectivity index is 1.37. The zero-order valence-corrected chi connectivity index (χ0v) is 21.4. The molecule has 2 saturated heterocycles. The molecule has 206 valence electrons. The number of carbonyl (C=O) groups excluding carboxylic acids is 2. The van der Waals surface area contributed by atoms with Crippen molar-refractivity contribution in [1.82, 2.24) is 4.90 Å². The SMILES string of the molecule is COC(=O)C1CC2CCCC(C1)N2C(=O)c1ccc2ccc(O[C@H]3CC[C@@H](C(F)(F)F)CC3)c(CF)c2c1. The normalized spacial score (nSPS) is 27.7. The first kappa shape index (κ1) is 26.8. The van der Waals surface area contributed by atoms with Crippen LogP contribution in [0.25, 0.3) is 10.8 Å². The van der Waals surface area contributed by atoms with Crippen molar-refractivity contribution in [3.8, 4) is 5.75 Å². The molecule has 2 aromatic rings. The minimum Gasteiger partial charge on any atom is -0.490 e. The molecule has 2 atom stereocenters. The van der Waals surface area contributed by atoms with Crippen molar-refractivity contribution in [1.29, 1.82) is 0 Å². The van der Waals surface area contributed by atoms with E-state index in [4.69, 9.17) is 9.47 Å². The van der Waals surface area contributed by atoms with Gasteiger partial charge >= 0.3 is 12.1 Å². The van der Waals surface area contributed by atoms with Crippen LogP contribution in [0.3, 0.4) is 0 Å². The molecule has 1 amide bonds. The van der Waals surface area contributed by atoms with Crippen molar-refractivity contribution in [2.75, 3.05) is 7.11 Å². The number of methoxy groups -OCH3 is 1. The maximum absolute atomic E-state index is 14.3. The zero-order valence-electron chi connectivity index (χ0n) is 21.4. The molecule has 2 heterocycles. The van der Waals surface area contributed by atoms with Crippen molar-refractivity contribution in [3.05, 3.63) is 41.5 Å². The van der Waals surface area contributed by atoms with Gasteiger partial charge in [0.15, 0.2) is 0 Å². The van der Waals surface area contributed by atoms with E-state index in [0.29, 0.717) is 35.1 Å². The van der Waals surface area contributed by atoms with Crippen molar-refractivity contribution < 1.29 is 36.6 Å². The Morgan fingerprint density at radius 2 is 1.63 bits per heavy atom. The Labute approximate surface area is 219 Å². The fourth-order valence-corrected chi connectivity index (χ4v) is 6.65.